The predicted molar refractivity (Wildman–Crippen MR) is 67.3 cm³/mol. The molecule has 0 amide bonds. The zero-order valence-electron chi connectivity index (χ0n) is 8.96. The SMILES string of the molecule is CCCCCCC(=O)C1CSCCS1. The maximum atomic E-state index is 11.7. The fraction of sp³-hybridized carbons (Fsp3) is 0.909. The minimum Gasteiger partial charge on any atom is -0.298 e. The Kier molecular flexibility index (Phi) is 6.78. The van der Waals surface area contributed by atoms with E-state index < -0.39 is 0 Å². The zero-order valence-corrected chi connectivity index (χ0v) is 10.6. The maximum Gasteiger partial charge on any atom is 0.146 e. The van der Waals surface area contributed by atoms with Crippen LogP contribution < -0.4 is 0 Å². The van der Waals surface area contributed by atoms with Gasteiger partial charge in [-0.2, -0.15) is 11.8 Å². The molecular formula is C11H20OS2. The molecule has 0 saturated carbocycles. The molecule has 0 aliphatic carbocycles. The van der Waals surface area contributed by atoms with E-state index in [4.69, 9.17) is 0 Å². The molecule has 1 rings (SSSR count). The highest BCUT2D eigenvalue weighted by Crippen LogP contribution is 2.25. The predicted octanol–water partition coefficient (Wildman–Crippen LogP) is 3.37. The third-order valence-electron chi connectivity index (χ3n) is 2.45. The van der Waals surface area contributed by atoms with Crippen molar-refractivity contribution in [2.45, 2.75) is 44.3 Å². The van der Waals surface area contributed by atoms with E-state index in [1.54, 1.807) is 0 Å². The van der Waals surface area contributed by atoms with Crippen LogP contribution in [0, 0.1) is 0 Å². The van der Waals surface area contributed by atoms with Crippen molar-refractivity contribution in [3.8, 4) is 0 Å². The minimum atomic E-state index is 0.315. The zero-order chi connectivity index (χ0) is 10.2. The second kappa shape index (κ2) is 7.63. The van der Waals surface area contributed by atoms with Crippen LogP contribution >= 0.6 is 23.5 Å². The Hall–Kier alpha value is 0.370. The average Bonchev–Trinajstić information content (AvgIpc) is 2.25. The number of hydrogen-bond donors (Lipinski definition) is 0. The van der Waals surface area contributed by atoms with Gasteiger partial charge in [-0.3, -0.25) is 4.79 Å². The molecule has 1 saturated heterocycles. The van der Waals surface area contributed by atoms with Crippen LogP contribution in [0.4, 0.5) is 0 Å². The Labute approximate surface area is 95.8 Å². The van der Waals surface area contributed by atoms with Crippen molar-refractivity contribution in [2.24, 2.45) is 0 Å². The lowest BCUT2D eigenvalue weighted by Crippen LogP contribution is -2.23. The molecule has 14 heavy (non-hydrogen) atoms. The van der Waals surface area contributed by atoms with Crippen molar-refractivity contribution in [3.63, 3.8) is 0 Å². The quantitative estimate of drug-likeness (QED) is 0.654. The summed E-state index contributed by atoms with van der Waals surface area (Å²) in [4.78, 5) is 11.7. The number of hydrogen-bond acceptors (Lipinski definition) is 3. The van der Waals surface area contributed by atoms with Crippen molar-refractivity contribution in [1.29, 1.82) is 0 Å². The van der Waals surface area contributed by atoms with E-state index in [0.29, 0.717) is 11.0 Å². The molecule has 0 aromatic rings. The van der Waals surface area contributed by atoms with Gasteiger partial charge in [-0.1, -0.05) is 26.2 Å². The third kappa shape index (κ3) is 4.74. The molecule has 3 heteroatoms. The van der Waals surface area contributed by atoms with Crippen LogP contribution in [0.1, 0.15) is 39.0 Å². The first kappa shape index (κ1) is 12.4. The Bertz CT molecular complexity index is 165. The van der Waals surface area contributed by atoms with Crippen LogP contribution in [-0.2, 0) is 4.79 Å². The molecule has 1 atom stereocenters. The summed E-state index contributed by atoms with van der Waals surface area (Å²) in [5, 5.41) is 0.315. The smallest absolute Gasteiger partial charge is 0.146 e. The van der Waals surface area contributed by atoms with Crippen LogP contribution in [0.5, 0.6) is 0 Å². The molecule has 1 unspecified atom stereocenters. The molecule has 0 aromatic heterocycles. The van der Waals surface area contributed by atoms with Gasteiger partial charge >= 0.3 is 0 Å². The Morgan fingerprint density at radius 2 is 2.14 bits per heavy atom. The molecule has 1 aliphatic heterocycles. The van der Waals surface area contributed by atoms with E-state index in [1.165, 1.54) is 25.0 Å². The maximum absolute atomic E-state index is 11.7. The summed E-state index contributed by atoms with van der Waals surface area (Å²) in [5.41, 5.74) is 0. The number of carbonyl (C=O) groups excluding carboxylic acids is 1. The number of unbranched alkanes of at least 4 members (excludes halogenated alkanes) is 3. The molecular weight excluding hydrogens is 212 g/mol. The lowest BCUT2D eigenvalue weighted by Gasteiger charge is -2.19. The van der Waals surface area contributed by atoms with E-state index in [1.807, 2.05) is 23.5 Å². The second-order valence-electron chi connectivity index (χ2n) is 3.71. The van der Waals surface area contributed by atoms with Crippen LogP contribution in [0.3, 0.4) is 0 Å². The number of thioether (sulfide) groups is 2. The van der Waals surface area contributed by atoms with Gasteiger partial charge in [-0.25, -0.2) is 0 Å². The van der Waals surface area contributed by atoms with Gasteiger partial charge in [0.1, 0.15) is 5.78 Å². The van der Waals surface area contributed by atoms with Gasteiger partial charge in [-0.15, -0.1) is 11.8 Å². The highest BCUT2D eigenvalue weighted by Gasteiger charge is 2.20. The topological polar surface area (TPSA) is 17.1 Å². The fourth-order valence-electron chi connectivity index (χ4n) is 1.56. The molecule has 1 fully saturated rings. The van der Waals surface area contributed by atoms with E-state index in [2.05, 4.69) is 6.92 Å². The van der Waals surface area contributed by atoms with Gasteiger partial charge in [0, 0.05) is 23.7 Å². The third-order valence-corrected chi connectivity index (χ3v) is 5.25. The van der Waals surface area contributed by atoms with Crippen LogP contribution in [0.15, 0.2) is 0 Å². The highest BCUT2D eigenvalue weighted by atomic mass is 32.2. The summed E-state index contributed by atoms with van der Waals surface area (Å²) >= 11 is 3.80. The lowest BCUT2D eigenvalue weighted by molar-refractivity contribution is -0.118. The molecule has 0 radical (unpaired) electrons. The van der Waals surface area contributed by atoms with Gasteiger partial charge < -0.3 is 0 Å². The first-order valence-corrected chi connectivity index (χ1v) is 7.77. The number of rotatable bonds is 6. The monoisotopic (exact) mass is 232 g/mol. The lowest BCUT2D eigenvalue weighted by atomic mass is 10.1. The molecule has 1 heterocycles. The highest BCUT2D eigenvalue weighted by molar-refractivity contribution is 8.07. The first-order valence-electron chi connectivity index (χ1n) is 5.56. The molecule has 0 bridgehead atoms. The van der Waals surface area contributed by atoms with Crippen LogP contribution in [0.2, 0.25) is 0 Å². The van der Waals surface area contributed by atoms with Crippen LogP contribution in [-0.4, -0.2) is 28.3 Å². The largest absolute Gasteiger partial charge is 0.298 e. The van der Waals surface area contributed by atoms with Gasteiger partial charge in [-0.05, 0) is 6.42 Å². The molecule has 1 aliphatic rings. The summed E-state index contributed by atoms with van der Waals surface area (Å²) < 4.78 is 0. The summed E-state index contributed by atoms with van der Waals surface area (Å²) in [7, 11) is 0. The van der Waals surface area contributed by atoms with Crippen molar-refractivity contribution in [1.82, 2.24) is 0 Å². The van der Waals surface area contributed by atoms with Gasteiger partial charge in [0.15, 0.2) is 0 Å². The molecule has 82 valence electrons. The Morgan fingerprint density at radius 1 is 1.29 bits per heavy atom. The van der Waals surface area contributed by atoms with Crippen molar-refractivity contribution >= 4 is 29.3 Å². The molecule has 0 N–H and O–H groups in total. The Balaban J connectivity index is 2.07. The van der Waals surface area contributed by atoms with Gasteiger partial charge in [0.05, 0.1) is 5.25 Å². The standard InChI is InChI=1S/C11H20OS2/c1-2-3-4-5-6-10(12)11-9-13-7-8-14-11/h11H,2-9H2,1H3. The summed E-state index contributed by atoms with van der Waals surface area (Å²) in [6, 6.07) is 0. The summed E-state index contributed by atoms with van der Waals surface area (Å²) in [6.45, 7) is 2.20. The van der Waals surface area contributed by atoms with E-state index >= 15 is 0 Å². The van der Waals surface area contributed by atoms with Crippen molar-refractivity contribution in [2.75, 3.05) is 17.3 Å². The van der Waals surface area contributed by atoms with E-state index in [0.717, 1.165) is 24.3 Å². The molecule has 0 aromatic carbocycles. The fourth-order valence-corrected chi connectivity index (χ4v) is 4.25. The summed E-state index contributed by atoms with van der Waals surface area (Å²) in [6.07, 6.45) is 5.68. The van der Waals surface area contributed by atoms with Crippen molar-refractivity contribution in [3.05, 3.63) is 0 Å². The van der Waals surface area contributed by atoms with Gasteiger partial charge in [0.2, 0.25) is 0 Å². The number of ketones is 1. The molecule has 1 nitrogen and oxygen atoms in total. The molecule has 0 spiro atoms. The Morgan fingerprint density at radius 3 is 2.79 bits per heavy atom. The number of carbonyl (C=O) groups is 1. The second-order valence-corrected chi connectivity index (χ2v) is 6.17. The number of Topliss-reactive ketones (excluding diaryl/α,β-unsaturated/α-hetero) is 1. The van der Waals surface area contributed by atoms with E-state index in [9.17, 15) is 4.79 Å². The van der Waals surface area contributed by atoms with Crippen molar-refractivity contribution < 1.29 is 4.79 Å². The summed E-state index contributed by atoms with van der Waals surface area (Å²) in [5.74, 6) is 3.94. The van der Waals surface area contributed by atoms with Gasteiger partial charge in [0.25, 0.3) is 0 Å². The minimum absolute atomic E-state index is 0.315. The average molecular weight is 232 g/mol. The first-order chi connectivity index (χ1) is 6.84. The van der Waals surface area contributed by atoms with Crippen LogP contribution in [0.25, 0.3) is 0 Å². The van der Waals surface area contributed by atoms with E-state index in [-0.39, 0.29) is 0 Å². The normalized spacial score (nSPS) is 22.2.